The van der Waals surface area contributed by atoms with E-state index in [9.17, 15) is 4.79 Å². The molecule has 1 amide bonds. The third kappa shape index (κ3) is 4.79. The van der Waals surface area contributed by atoms with Crippen molar-refractivity contribution in [1.29, 1.82) is 0 Å². The van der Waals surface area contributed by atoms with E-state index < -0.39 is 0 Å². The molecule has 170 valence electrons. The van der Waals surface area contributed by atoms with Crippen molar-refractivity contribution in [2.45, 2.75) is 38.8 Å². The van der Waals surface area contributed by atoms with Crippen LogP contribution in [0.15, 0.2) is 48.7 Å². The largest absolute Gasteiger partial charge is 0.497 e. The number of carbonyl (C=O) groups excluding carboxylic acids is 1. The van der Waals surface area contributed by atoms with Gasteiger partial charge in [-0.2, -0.15) is 0 Å². The van der Waals surface area contributed by atoms with Crippen LogP contribution in [0.1, 0.15) is 30.9 Å². The lowest BCUT2D eigenvalue weighted by molar-refractivity contribution is -0.142. The van der Waals surface area contributed by atoms with Crippen LogP contribution in [0.3, 0.4) is 0 Å². The zero-order chi connectivity index (χ0) is 22.7. The lowest BCUT2D eigenvalue weighted by Crippen LogP contribution is -2.53. The van der Waals surface area contributed by atoms with Crippen LogP contribution in [0.4, 0.5) is 0 Å². The molecule has 0 bridgehead atoms. The highest BCUT2D eigenvalue weighted by atomic mass is 35.5. The summed E-state index contributed by atoms with van der Waals surface area (Å²) in [7, 11) is 3.76. The van der Waals surface area contributed by atoms with Gasteiger partial charge in [0.05, 0.1) is 13.0 Å². The molecule has 2 atom stereocenters. The Hall–Kier alpha value is -2.50. The number of nitrogens with one attached hydrogen (secondary N) is 1. The maximum atomic E-state index is 13.4. The molecule has 2 heterocycles. The van der Waals surface area contributed by atoms with Crippen LogP contribution < -0.4 is 4.74 Å². The van der Waals surface area contributed by atoms with Crippen molar-refractivity contribution < 1.29 is 9.53 Å². The number of aromatic amines is 1. The van der Waals surface area contributed by atoms with Gasteiger partial charge in [0.25, 0.3) is 0 Å². The second-order valence-electron chi connectivity index (χ2n) is 8.72. The maximum absolute atomic E-state index is 13.4. The molecular formula is C26H32ClN3O2. The van der Waals surface area contributed by atoms with Crippen molar-refractivity contribution in [3.8, 4) is 5.75 Å². The molecular weight excluding hydrogens is 422 g/mol. The summed E-state index contributed by atoms with van der Waals surface area (Å²) in [4.78, 5) is 21.0. The summed E-state index contributed by atoms with van der Waals surface area (Å²) >= 11 is 6.25. The first-order valence-corrected chi connectivity index (χ1v) is 11.8. The summed E-state index contributed by atoms with van der Waals surface area (Å²) < 4.78 is 5.35. The normalized spacial score (nSPS) is 19.2. The molecule has 1 aliphatic heterocycles. The Bertz CT molecular complexity index is 1080. The molecule has 32 heavy (non-hydrogen) atoms. The van der Waals surface area contributed by atoms with Crippen LogP contribution in [0.2, 0.25) is 5.02 Å². The molecule has 1 aliphatic rings. The van der Waals surface area contributed by atoms with E-state index in [1.54, 1.807) is 7.11 Å². The molecule has 0 spiro atoms. The smallest absolute Gasteiger partial charge is 0.227 e. The Labute approximate surface area is 195 Å². The number of para-hydroxylation sites is 1. The number of benzene rings is 2. The Balaban J connectivity index is 1.40. The molecule has 3 aromatic rings. The predicted octanol–water partition coefficient (Wildman–Crippen LogP) is 5.13. The molecule has 5 nitrogen and oxygen atoms in total. The summed E-state index contributed by atoms with van der Waals surface area (Å²) in [5.74, 6) is 1.05. The maximum Gasteiger partial charge on any atom is 0.227 e. The monoisotopic (exact) mass is 453 g/mol. The van der Waals surface area contributed by atoms with Crippen LogP contribution in [-0.2, 0) is 17.8 Å². The van der Waals surface area contributed by atoms with Gasteiger partial charge in [0.1, 0.15) is 5.75 Å². The minimum absolute atomic E-state index is 0.0119. The van der Waals surface area contributed by atoms with Gasteiger partial charge in [0.2, 0.25) is 5.91 Å². The lowest BCUT2D eigenvalue weighted by Gasteiger charge is -2.42. The van der Waals surface area contributed by atoms with Crippen LogP contribution in [0.5, 0.6) is 5.75 Å². The fraction of sp³-hybridized carbons (Fsp3) is 0.423. The van der Waals surface area contributed by atoms with Gasteiger partial charge < -0.3 is 14.6 Å². The van der Waals surface area contributed by atoms with Gasteiger partial charge in [-0.1, -0.05) is 36.7 Å². The molecule has 0 radical (unpaired) electrons. The number of nitrogens with zero attached hydrogens (tertiary/aromatic N) is 2. The van der Waals surface area contributed by atoms with Crippen LogP contribution in [0, 0.1) is 5.92 Å². The van der Waals surface area contributed by atoms with Crippen molar-refractivity contribution in [2.24, 2.45) is 5.92 Å². The molecule has 1 N–H and O–H groups in total. The van der Waals surface area contributed by atoms with E-state index >= 15 is 0 Å². The molecule has 2 unspecified atom stereocenters. The average Bonchev–Trinajstić information content (AvgIpc) is 3.20. The number of amides is 1. The van der Waals surface area contributed by atoms with E-state index in [0.29, 0.717) is 5.02 Å². The van der Waals surface area contributed by atoms with E-state index in [2.05, 4.69) is 53.2 Å². The number of hydrogen-bond acceptors (Lipinski definition) is 3. The predicted molar refractivity (Wildman–Crippen MR) is 130 cm³/mol. The Morgan fingerprint density at radius 3 is 2.84 bits per heavy atom. The molecule has 1 saturated heterocycles. The minimum atomic E-state index is 0.0119. The van der Waals surface area contributed by atoms with Gasteiger partial charge in [-0.3, -0.25) is 9.69 Å². The highest BCUT2D eigenvalue weighted by Crippen LogP contribution is 2.29. The second kappa shape index (κ2) is 9.97. The zero-order valence-corrected chi connectivity index (χ0v) is 19.9. The number of aromatic nitrogens is 1. The van der Waals surface area contributed by atoms with E-state index in [0.717, 1.165) is 55.7 Å². The van der Waals surface area contributed by atoms with Crippen LogP contribution >= 0.6 is 11.6 Å². The van der Waals surface area contributed by atoms with Gasteiger partial charge in [-0.15, -0.1) is 0 Å². The van der Waals surface area contributed by atoms with Crippen molar-refractivity contribution >= 4 is 28.4 Å². The Morgan fingerprint density at radius 2 is 2.06 bits per heavy atom. The van der Waals surface area contributed by atoms with Gasteiger partial charge in [0.15, 0.2) is 0 Å². The molecule has 1 aromatic heterocycles. The number of likely N-dealkylation sites (tertiary alicyclic amines) is 1. The van der Waals surface area contributed by atoms with E-state index in [-0.39, 0.29) is 17.9 Å². The summed E-state index contributed by atoms with van der Waals surface area (Å²) in [5.41, 5.74) is 3.52. The highest BCUT2D eigenvalue weighted by molar-refractivity contribution is 6.30. The van der Waals surface area contributed by atoms with E-state index in [1.807, 2.05) is 24.3 Å². The van der Waals surface area contributed by atoms with Crippen molar-refractivity contribution in [1.82, 2.24) is 14.8 Å². The summed E-state index contributed by atoms with van der Waals surface area (Å²) in [6.07, 6.45) is 4.77. The van der Waals surface area contributed by atoms with Crippen molar-refractivity contribution in [3.05, 3.63) is 64.8 Å². The number of piperidine rings is 1. The van der Waals surface area contributed by atoms with Gasteiger partial charge in [-0.25, -0.2) is 0 Å². The Kier molecular flexibility index (Phi) is 7.07. The number of carbonyl (C=O) groups is 1. The summed E-state index contributed by atoms with van der Waals surface area (Å²) in [5, 5.41) is 1.92. The quantitative estimate of drug-likeness (QED) is 0.514. The van der Waals surface area contributed by atoms with Gasteiger partial charge in [-0.05, 0) is 61.7 Å². The topological polar surface area (TPSA) is 48.6 Å². The number of H-pyrrole nitrogens is 1. The van der Waals surface area contributed by atoms with Crippen molar-refractivity contribution in [2.75, 3.05) is 27.2 Å². The van der Waals surface area contributed by atoms with Crippen LogP contribution in [-0.4, -0.2) is 54.0 Å². The SMILES string of the molecule is CCC1C(=O)N(CCc2c[nH]c3ccccc23)CCC1N(C)Cc1cc(Cl)cc(OC)c1. The van der Waals surface area contributed by atoms with Gasteiger partial charge >= 0.3 is 0 Å². The average molecular weight is 454 g/mol. The molecule has 2 aromatic carbocycles. The number of hydrogen-bond donors (Lipinski definition) is 1. The Morgan fingerprint density at radius 1 is 1.25 bits per heavy atom. The highest BCUT2D eigenvalue weighted by Gasteiger charge is 2.37. The molecule has 6 heteroatoms. The molecule has 0 aliphatic carbocycles. The number of fused-ring (bicyclic) bond motifs is 1. The standard InChI is InChI=1S/C26H32ClN3O2/c1-4-22-25(29(2)17-18-13-20(27)15-21(14-18)32-3)10-12-30(26(22)31)11-9-19-16-28-24-8-6-5-7-23(19)24/h5-8,13-16,22,25,28H,4,9-12,17H2,1-3H3. The summed E-state index contributed by atoms with van der Waals surface area (Å²) in [6.45, 7) is 4.42. The van der Waals surface area contributed by atoms with Crippen molar-refractivity contribution in [3.63, 3.8) is 0 Å². The number of ether oxygens (including phenoxy) is 1. The number of halogens is 1. The molecule has 1 fully saturated rings. The van der Waals surface area contributed by atoms with E-state index in [4.69, 9.17) is 16.3 Å². The summed E-state index contributed by atoms with van der Waals surface area (Å²) in [6, 6.07) is 14.4. The fourth-order valence-electron chi connectivity index (χ4n) is 5.02. The number of rotatable bonds is 8. The number of methoxy groups -OCH3 is 1. The first-order chi connectivity index (χ1) is 15.5. The molecule has 0 saturated carbocycles. The third-order valence-electron chi connectivity index (χ3n) is 6.72. The van der Waals surface area contributed by atoms with Crippen LogP contribution in [0.25, 0.3) is 10.9 Å². The van der Waals surface area contributed by atoms with E-state index in [1.165, 1.54) is 10.9 Å². The zero-order valence-electron chi connectivity index (χ0n) is 19.1. The minimum Gasteiger partial charge on any atom is -0.497 e. The van der Waals surface area contributed by atoms with Gasteiger partial charge in [0, 0.05) is 47.8 Å². The fourth-order valence-corrected chi connectivity index (χ4v) is 5.27. The third-order valence-corrected chi connectivity index (χ3v) is 6.94. The first kappa shape index (κ1) is 22.7. The second-order valence-corrected chi connectivity index (χ2v) is 9.16. The first-order valence-electron chi connectivity index (χ1n) is 11.4. The lowest BCUT2D eigenvalue weighted by atomic mass is 9.87. The molecule has 4 rings (SSSR count).